The maximum absolute atomic E-state index is 12.5. The number of aromatic nitrogens is 2. The van der Waals surface area contributed by atoms with E-state index in [1.54, 1.807) is 23.1 Å². The molecular weight excluding hydrogens is 360 g/mol. The fourth-order valence-corrected chi connectivity index (χ4v) is 3.00. The summed E-state index contributed by atoms with van der Waals surface area (Å²) < 4.78 is 16.4. The Hall–Kier alpha value is -2.74. The summed E-state index contributed by atoms with van der Waals surface area (Å²) in [4.78, 5) is 22.3. The van der Waals surface area contributed by atoms with Crippen LogP contribution in [0.15, 0.2) is 30.6 Å². The highest BCUT2D eigenvalue weighted by Gasteiger charge is 2.26. The van der Waals surface area contributed by atoms with E-state index in [2.05, 4.69) is 15.3 Å². The Morgan fingerprint density at radius 3 is 2.92 bits per heavy atom. The average Bonchev–Trinajstić information content (AvgIpc) is 3.12. The van der Waals surface area contributed by atoms with Crippen LogP contribution in [0.25, 0.3) is 0 Å². The topological polar surface area (TPSA) is 85.8 Å². The smallest absolute Gasteiger partial charge is 0.321 e. The average molecular weight is 377 g/mol. The lowest BCUT2D eigenvalue weighted by Gasteiger charge is -2.32. The number of carbonyl (C=O) groups is 1. The van der Waals surface area contributed by atoms with Crippen LogP contribution in [-0.2, 0) is 0 Å². The van der Waals surface area contributed by atoms with Crippen LogP contribution in [0.2, 0.25) is 5.02 Å². The van der Waals surface area contributed by atoms with Gasteiger partial charge < -0.3 is 24.4 Å². The number of nitrogens with one attached hydrogen (secondary N) is 1. The molecule has 1 N–H and O–H groups in total. The lowest BCUT2D eigenvalue weighted by molar-refractivity contribution is 0.0983. The summed E-state index contributed by atoms with van der Waals surface area (Å²) in [5, 5.41) is 3.33. The second kappa shape index (κ2) is 7.25. The summed E-state index contributed by atoms with van der Waals surface area (Å²) in [6, 6.07) is 5.38. The summed E-state index contributed by atoms with van der Waals surface area (Å²) in [5.41, 5.74) is 0.656. The molecule has 9 heteroatoms. The minimum Gasteiger partial charge on any atom is -0.458 e. The molecule has 0 spiro atoms. The van der Waals surface area contributed by atoms with E-state index in [9.17, 15) is 4.79 Å². The van der Waals surface area contributed by atoms with Gasteiger partial charge in [-0.15, -0.1) is 0 Å². The van der Waals surface area contributed by atoms with Gasteiger partial charge in [0.15, 0.2) is 11.5 Å². The molecule has 2 aliphatic rings. The number of ether oxygens (including phenoxy) is 3. The molecule has 0 aliphatic carbocycles. The van der Waals surface area contributed by atoms with Crippen LogP contribution in [0.1, 0.15) is 12.8 Å². The molecule has 1 aromatic heterocycles. The lowest BCUT2D eigenvalue weighted by atomic mass is 10.1. The quantitative estimate of drug-likeness (QED) is 0.886. The van der Waals surface area contributed by atoms with E-state index in [4.69, 9.17) is 25.8 Å². The second-order valence-corrected chi connectivity index (χ2v) is 6.45. The summed E-state index contributed by atoms with van der Waals surface area (Å²) in [7, 11) is 0. The highest BCUT2D eigenvalue weighted by atomic mass is 35.5. The summed E-state index contributed by atoms with van der Waals surface area (Å²) in [6.45, 7) is 1.32. The van der Waals surface area contributed by atoms with Gasteiger partial charge in [-0.05, 0) is 25.0 Å². The minimum absolute atomic E-state index is 0.160. The van der Waals surface area contributed by atoms with Crippen molar-refractivity contribution in [1.29, 1.82) is 0 Å². The molecular formula is C17H17ClN4O4. The number of carbonyl (C=O) groups excluding carboxylic acids is 1. The van der Waals surface area contributed by atoms with Crippen molar-refractivity contribution in [3.8, 4) is 17.5 Å². The van der Waals surface area contributed by atoms with Gasteiger partial charge in [-0.3, -0.25) is 0 Å². The molecule has 0 saturated carbocycles. The number of hydrogen-bond acceptors (Lipinski definition) is 6. The van der Waals surface area contributed by atoms with Crippen LogP contribution in [0.4, 0.5) is 10.5 Å². The van der Waals surface area contributed by atoms with Crippen LogP contribution < -0.4 is 19.5 Å². The van der Waals surface area contributed by atoms with Crippen molar-refractivity contribution in [3.63, 3.8) is 0 Å². The normalized spacial score (nSPS) is 18.5. The van der Waals surface area contributed by atoms with Crippen molar-refractivity contribution < 1.29 is 19.0 Å². The van der Waals surface area contributed by atoms with Crippen LogP contribution in [-0.4, -0.2) is 46.9 Å². The molecule has 1 fully saturated rings. The minimum atomic E-state index is -0.186. The molecule has 2 aromatic rings. The Bertz CT molecular complexity index is 802. The van der Waals surface area contributed by atoms with Gasteiger partial charge in [0.05, 0.1) is 24.0 Å². The van der Waals surface area contributed by atoms with E-state index >= 15 is 0 Å². The predicted molar refractivity (Wildman–Crippen MR) is 93.8 cm³/mol. The molecule has 1 atom stereocenters. The molecule has 1 saturated heterocycles. The molecule has 2 aliphatic heterocycles. The molecule has 8 nitrogen and oxygen atoms in total. The number of urea groups is 1. The number of halogens is 1. The largest absolute Gasteiger partial charge is 0.458 e. The maximum atomic E-state index is 12.5. The van der Waals surface area contributed by atoms with E-state index in [1.165, 1.54) is 12.4 Å². The van der Waals surface area contributed by atoms with Crippen molar-refractivity contribution >= 4 is 23.3 Å². The van der Waals surface area contributed by atoms with Crippen LogP contribution in [0, 0.1) is 0 Å². The number of amides is 2. The first-order chi connectivity index (χ1) is 12.7. The summed E-state index contributed by atoms with van der Waals surface area (Å²) in [6.07, 6.45) is 4.48. The Labute approximate surface area is 155 Å². The second-order valence-electron chi connectivity index (χ2n) is 6.01. The number of hydrogen-bond donors (Lipinski definition) is 1. The van der Waals surface area contributed by atoms with Gasteiger partial charge in [-0.1, -0.05) is 11.6 Å². The first-order valence-electron chi connectivity index (χ1n) is 8.27. The molecule has 0 bridgehead atoms. The molecule has 0 radical (unpaired) electrons. The molecule has 1 aromatic carbocycles. The van der Waals surface area contributed by atoms with Gasteiger partial charge in [-0.2, -0.15) is 0 Å². The fourth-order valence-electron chi connectivity index (χ4n) is 2.91. The Balaban J connectivity index is 1.36. The first-order valence-corrected chi connectivity index (χ1v) is 8.65. The molecule has 3 heterocycles. The van der Waals surface area contributed by atoms with E-state index in [-0.39, 0.29) is 24.9 Å². The highest BCUT2D eigenvalue weighted by Crippen LogP contribution is 2.34. The summed E-state index contributed by atoms with van der Waals surface area (Å²) in [5.74, 6) is 1.31. The fraction of sp³-hybridized carbons (Fsp3) is 0.353. The Morgan fingerprint density at radius 2 is 2.08 bits per heavy atom. The van der Waals surface area contributed by atoms with E-state index in [0.29, 0.717) is 35.3 Å². The van der Waals surface area contributed by atoms with Crippen molar-refractivity contribution in [2.75, 3.05) is 25.2 Å². The molecule has 4 rings (SSSR count). The monoisotopic (exact) mass is 376 g/mol. The van der Waals surface area contributed by atoms with Crippen LogP contribution >= 0.6 is 11.6 Å². The predicted octanol–water partition coefficient (Wildman–Crippen LogP) is 2.93. The van der Waals surface area contributed by atoms with Crippen molar-refractivity contribution in [1.82, 2.24) is 14.9 Å². The van der Waals surface area contributed by atoms with E-state index in [0.717, 1.165) is 12.8 Å². The van der Waals surface area contributed by atoms with Gasteiger partial charge in [0.1, 0.15) is 6.10 Å². The zero-order valence-electron chi connectivity index (χ0n) is 13.9. The number of fused-ring (bicyclic) bond motifs is 1. The zero-order chi connectivity index (χ0) is 17.9. The first kappa shape index (κ1) is 16.7. The molecule has 2 amide bonds. The number of anilines is 1. The lowest BCUT2D eigenvalue weighted by Crippen LogP contribution is -2.46. The van der Waals surface area contributed by atoms with E-state index < -0.39 is 0 Å². The van der Waals surface area contributed by atoms with Gasteiger partial charge in [-0.25, -0.2) is 14.8 Å². The third-order valence-corrected chi connectivity index (χ3v) is 4.35. The van der Waals surface area contributed by atoms with Crippen LogP contribution in [0.5, 0.6) is 17.5 Å². The van der Waals surface area contributed by atoms with Crippen molar-refractivity contribution in [3.05, 3.63) is 35.6 Å². The Kier molecular flexibility index (Phi) is 4.66. The van der Waals surface area contributed by atoms with Gasteiger partial charge in [0.2, 0.25) is 6.79 Å². The zero-order valence-corrected chi connectivity index (χ0v) is 14.6. The SMILES string of the molecule is O=C(Nc1ccc2c(c1)OCO2)N1CCC[C@@H](Oc2ncc(Cl)cn2)C1. The molecule has 26 heavy (non-hydrogen) atoms. The number of likely N-dealkylation sites (tertiary alicyclic amines) is 1. The number of piperidine rings is 1. The van der Waals surface area contributed by atoms with Crippen molar-refractivity contribution in [2.24, 2.45) is 0 Å². The third-order valence-electron chi connectivity index (χ3n) is 4.16. The third kappa shape index (κ3) is 3.75. The van der Waals surface area contributed by atoms with Gasteiger partial charge in [0, 0.05) is 18.3 Å². The highest BCUT2D eigenvalue weighted by molar-refractivity contribution is 6.30. The summed E-state index contributed by atoms with van der Waals surface area (Å²) >= 11 is 5.77. The number of benzene rings is 1. The maximum Gasteiger partial charge on any atom is 0.321 e. The van der Waals surface area contributed by atoms with E-state index in [1.807, 2.05) is 0 Å². The number of rotatable bonds is 3. The Morgan fingerprint density at radius 1 is 1.27 bits per heavy atom. The van der Waals surface area contributed by atoms with Gasteiger partial charge >= 0.3 is 12.0 Å². The standard InChI is InChI=1S/C17H17ClN4O4/c18-11-7-19-16(20-8-11)26-13-2-1-5-22(9-13)17(23)21-12-3-4-14-15(6-12)25-10-24-14/h3-4,6-8,13H,1-2,5,9-10H2,(H,21,23)/t13-/m1/s1. The molecule has 0 unspecified atom stereocenters. The number of nitrogens with zero attached hydrogens (tertiary/aromatic N) is 3. The van der Waals surface area contributed by atoms with Gasteiger partial charge in [0.25, 0.3) is 0 Å². The van der Waals surface area contributed by atoms with Crippen molar-refractivity contribution in [2.45, 2.75) is 18.9 Å². The van der Waals surface area contributed by atoms with Crippen LogP contribution in [0.3, 0.4) is 0 Å². The molecule has 136 valence electrons.